The molecule has 2 N–H and O–H groups in total. The number of hydrogen-bond donors (Lipinski definition) is 2. The molecule has 4 nitrogen and oxygen atoms in total. The SMILES string of the molecule is CS(=O)(=O)Nc1ccccc1NCc1ccc(Br)c(Br)c1. The van der Waals surface area contributed by atoms with E-state index in [1.165, 1.54) is 0 Å². The van der Waals surface area contributed by atoms with Gasteiger partial charge in [0.05, 0.1) is 17.6 Å². The number of hydrogen-bond acceptors (Lipinski definition) is 3. The monoisotopic (exact) mass is 432 g/mol. The van der Waals surface area contributed by atoms with E-state index >= 15 is 0 Å². The van der Waals surface area contributed by atoms with Gasteiger partial charge in [0.25, 0.3) is 0 Å². The summed E-state index contributed by atoms with van der Waals surface area (Å²) in [4.78, 5) is 0. The Morgan fingerprint density at radius 1 is 1.00 bits per heavy atom. The average Bonchev–Trinajstić information content (AvgIpc) is 2.40. The van der Waals surface area contributed by atoms with Gasteiger partial charge < -0.3 is 5.32 Å². The Hall–Kier alpha value is -1.05. The van der Waals surface area contributed by atoms with Crippen molar-refractivity contribution in [2.75, 3.05) is 16.3 Å². The first-order valence-electron chi connectivity index (χ1n) is 6.10. The van der Waals surface area contributed by atoms with Crippen LogP contribution in [0.4, 0.5) is 11.4 Å². The van der Waals surface area contributed by atoms with Gasteiger partial charge in [0.2, 0.25) is 10.0 Å². The van der Waals surface area contributed by atoms with Gasteiger partial charge in [-0.3, -0.25) is 4.72 Å². The Labute approximate surface area is 141 Å². The first-order chi connectivity index (χ1) is 9.85. The van der Waals surface area contributed by atoms with E-state index in [4.69, 9.17) is 0 Å². The average molecular weight is 434 g/mol. The fourth-order valence-corrected chi connectivity index (χ4v) is 3.02. The zero-order valence-electron chi connectivity index (χ0n) is 11.2. The Morgan fingerprint density at radius 3 is 2.29 bits per heavy atom. The highest BCUT2D eigenvalue weighted by Gasteiger charge is 2.07. The van der Waals surface area contributed by atoms with Crippen LogP contribution in [0.3, 0.4) is 0 Å². The van der Waals surface area contributed by atoms with Crippen LogP contribution in [0.2, 0.25) is 0 Å². The minimum Gasteiger partial charge on any atom is -0.379 e. The van der Waals surface area contributed by atoms with Crippen LogP contribution in [0.15, 0.2) is 51.4 Å². The van der Waals surface area contributed by atoms with Gasteiger partial charge in [0.15, 0.2) is 0 Å². The lowest BCUT2D eigenvalue weighted by molar-refractivity contribution is 0.607. The summed E-state index contributed by atoms with van der Waals surface area (Å²) in [5.74, 6) is 0. The van der Waals surface area contributed by atoms with Crippen molar-refractivity contribution in [3.8, 4) is 0 Å². The number of benzene rings is 2. The summed E-state index contributed by atoms with van der Waals surface area (Å²) < 4.78 is 27.2. The number of halogens is 2. The van der Waals surface area contributed by atoms with Gasteiger partial charge in [-0.1, -0.05) is 18.2 Å². The van der Waals surface area contributed by atoms with Gasteiger partial charge in [0.1, 0.15) is 0 Å². The van der Waals surface area contributed by atoms with Crippen LogP contribution >= 0.6 is 31.9 Å². The van der Waals surface area contributed by atoms with E-state index in [-0.39, 0.29) is 0 Å². The minimum atomic E-state index is -3.30. The fourth-order valence-electron chi connectivity index (χ4n) is 1.77. The summed E-state index contributed by atoms with van der Waals surface area (Å²) >= 11 is 6.89. The highest BCUT2D eigenvalue weighted by atomic mass is 79.9. The first-order valence-corrected chi connectivity index (χ1v) is 9.57. The van der Waals surface area contributed by atoms with Crippen LogP contribution < -0.4 is 10.0 Å². The van der Waals surface area contributed by atoms with Crippen molar-refractivity contribution in [1.82, 2.24) is 0 Å². The van der Waals surface area contributed by atoms with Crippen LogP contribution in [0.25, 0.3) is 0 Å². The molecule has 0 saturated carbocycles. The lowest BCUT2D eigenvalue weighted by Crippen LogP contribution is -2.11. The normalized spacial score (nSPS) is 11.2. The molecule has 0 bridgehead atoms. The summed E-state index contributed by atoms with van der Waals surface area (Å²) in [6.07, 6.45) is 1.13. The van der Waals surface area contributed by atoms with Gasteiger partial charge in [-0.25, -0.2) is 8.42 Å². The molecule has 0 unspecified atom stereocenters. The Kier molecular flexibility index (Phi) is 5.29. The smallest absolute Gasteiger partial charge is 0.229 e. The molecule has 0 saturated heterocycles. The summed E-state index contributed by atoms with van der Waals surface area (Å²) in [7, 11) is -3.30. The van der Waals surface area contributed by atoms with Gasteiger partial charge in [-0.2, -0.15) is 0 Å². The molecule has 0 atom stereocenters. The van der Waals surface area contributed by atoms with E-state index in [1.54, 1.807) is 12.1 Å². The molecule has 0 aliphatic carbocycles. The van der Waals surface area contributed by atoms with Crippen molar-refractivity contribution >= 4 is 53.3 Å². The highest BCUT2D eigenvalue weighted by Crippen LogP contribution is 2.26. The van der Waals surface area contributed by atoms with Gasteiger partial charge >= 0.3 is 0 Å². The number of rotatable bonds is 5. The van der Waals surface area contributed by atoms with E-state index in [0.29, 0.717) is 12.2 Å². The molecule has 2 rings (SSSR count). The third-order valence-corrected chi connectivity index (χ3v) is 5.16. The minimum absolute atomic E-state index is 0.538. The molecule has 0 aliphatic heterocycles. The highest BCUT2D eigenvalue weighted by molar-refractivity contribution is 9.13. The molecule has 0 spiro atoms. The quantitative estimate of drug-likeness (QED) is 0.742. The van der Waals surface area contributed by atoms with Crippen molar-refractivity contribution in [3.05, 3.63) is 57.0 Å². The number of para-hydroxylation sites is 2. The number of nitrogens with one attached hydrogen (secondary N) is 2. The van der Waals surface area contributed by atoms with E-state index in [1.807, 2.05) is 30.3 Å². The van der Waals surface area contributed by atoms with Crippen LogP contribution in [-0.2, 0) is 16.6 Å². The van der Waals surface area contributed by atoms with Crippen molar-refractivity contribution < 1.29 is 8.42 Å². The molecule has 112 valence electrons. The second kappa shape index (κ2) is 6.81. The van der Waals surface area contributed by atoms with E-state index < -0.39 is 10.0 Å². The van der Waals surface area contributed by atoms with Crippen LogP contribution in [-0.4, -0.2) is 14.7 Å². The van der Waals surface area contributed by atoms with Gasteiger partial charge in [0, 0.05) is 15.5 Å². The molecule has 0 fully saturated rings. The largest absolute Gasteiger partial charge is 0.379 e. The molecule has 7 heteroatoms. The maximum atomic E-state index is 11.4. The summed E-state index contributed by atoms with van der Waals surface area (Å²) in [5, 5.41) is 3.24. The Balaban J connectivity index is 2.14. The number of sulfonamides is 1. The van der Waals surface area contributed by atoms with Crippen molar-refractivity contribution in [2.24, 2.45) is 0 Å². The second-order valence-electron chi connectivity index (χ2n) is 4.52. The Bertz CT molecular complexity index is 748. The predicted octanol–water partition coefficient (Wildman–Crippen LogP) is 4.20. The molecule has 0 aromatic heterocycles. The van der Waals surface area contributed by atoms with Crippen LogP contribution in [0.5, 0.6) is 0 Å². The lowest BCUT2D eigenvalue weighted by Gasteiger charge is -2.13. The maximum absolute atomic E-state index is 11.4. The summed E-state index contributed by atoms with van der Waals surface area (Å²) in [6.45, 7) is 0.592. The van der Waals surface area contributed by atoms with Crippen molar-refractivity contribution in [1.29, 1.82) is 0 Å². The van der Waals surface area contributed by atoms with Crippen molar-refractivity contribution in [3.63, 3.8) is 0 Å². The molecule has 0 radical (unpaired) electrons. The predicted molar refractivity (Wildman–Crippen MR) is 94.1 cm³/mol. The zero-order chi connectivity index (χ0) is 15.5. The maximum Gasteiger partial charge on any atom is 0.229 e. The van der Waals surface area contributed by atoms with E-state index in [9.17, 15) is 8.42 Å². The molecule has 0 amide bonds. The molecular formula is C14H14Br2N2O2S. The van der Waals surface area contributed by atoms with E-state index in [0.717, 1.165) is 26.5 Å². The summed E-state index contributed by atoms with van der Waals surface area (Å²) in [5.41, 5.74) is 2.36. The standard InChI is InChI=1S/C14H14Br2N2O2S/c1-21(19,20)18-14-5-3-2-4-13(14)17-9-10-6-7-11(15)12(16)8-10/h2-8,17-18H,9H2,1H3. The third-order valence-electron chi connectivity index (χ3n) is 2.69. The zero-order valence-corrected chi connectivity index (χ0v) is 15.2. The van der Waals surface area contributed by atoms with Gasteiger partial charge in [-0.15, -0.1) is 0 Å². The molecule has 2 aromatic carbocycles. The Morgan fingerprint density at radius 2 is 1.67 bits per heavy atom. The van der Waals surface area contributed by atoms with Crippen LogP contribution in [0.1, 0.15) is 5.56 Å². The number of anilines is 2. The van der Waals surface area contributed by atoms with Crippen LogP contribution in [0, 0.1) is 0 Å². The molecule has 2 aromatic rings. The summed E-state index contributed by atoms with van der Waals surface area (Å²) in [6, 6.07) is 13.2. The third kappa shape index (κ3) is 5.01. The topological polar surface area (TPSA) is 58.2 Å². The van der Waals surface area contributed by atoms with Crippen molar-refractivity contribution in [2.45, 2.75) is 6.54 Å². The van der Waals surface area contributed by atoms with E-state index in [2.05, 4.69) is 41.9 Å². The second-order valence-corrected chi connectivity index (χ2v) is 7.98. The molecule has 0 aliphatic rings. The fraction of sp³-hybridized carbons (Fsp3) is 0.143. The first kappa shape index (κ1) is 16.3. The molecular weight excluding hydrogens is 420 g/mol. The molecule has 0 heterocycles. The molecule has 21 heavy (non-hydrogen) atoms. The lowest BCUT2D eigenvalue weighted by atomic mass is 10.2. The van der Waals surface area contributed by atoms with Gasteiger partial charge in [-0.05, 0) is 61.7 Å².